The van der Waals surface area contributed by atoms with Gasteiger partial charge in [0.25, 0.3) is 0 Å². The Morgan fingerprint density at radius 1 is 1.14 bits per heavy atom. The Morgan fingerprint density at radius 2 is 1.91 bits per heavy atom. The fourth-order valence-electron chi connectivity index (χ4n) is 2.60. The zero-order valence-corrected chi connectivity index (χ0v) is 13.6. The van der Waals surface area contributed by atoms with Crippen molar-refractivity contribution in [3.05, 3.63) is 52.2 Å². The number of carbonyl (C=O) groups excluding carboxylic acids is 1. The van der Waals surface area contributed by atoms with Gasteiger partial charge in [-0.2, -0.15) is 0 Å². The summed E-state index contributed by atoms with van der Waals surface area (Å²) >= 11 is 1.75. The monoisotopic (exact) mass is 315 g/mol. The number of carbonyl (C=O) groups is 1. The van der Waals surface area contributed by atoms with Gasteiger partial charge < -0.3 is 15.1 Å². The van der Waals surface area contributed by atoms with E-state index in [0.29, 0.717) is 0 Å². The molecule has 5 heteroatoms. The lowest BCUT2D eigenvalue weighted by Crippen LogP contribution is -2.48. The maximum atomic E-state index is 12.4. The number of likely N-dealkylation sites (N-methyl/N-ethyl adjacent to an activating group) is 1. The van der Waals surface area contributed by atoms with E-state index in [1.807, 2.05) is 23.1 Å². The van der Waals surface area contributed by atoms with Crippen LogP contribution in [-0.4, -0.2) is 49.1 Å². The second kappa shape index (κ2) is 6.94. The van der Waals surface area contributed by atoms with Gasteiger partial charge in [0.15, 0.2) is 0 Å². The lowest BCUT2D eigenvalue weighted by Gasteiger charge is -2.32. The van der Waals surface area contributed by atoms with Crippen LogP contribution in [0.25, 0.3) is 0 Å². The number of hydrogen-bond donors (Lipinski definition) is 1. The van der Waals surface area contributed by atoms with Gasteiger partial charge in [0.05, 0.1) is 0 Å². The third-order valence-corrected chi connectivity index (χ3v) is 4.87. The molecule has 1 saturated heterocycles. The summed E-state index contributed by atoms with van der Waals surface area (Å²) in [4.78, 5) is 17.9. The summed E-state index contributed by atoms with van der Waals surface area (Å²) in [6.45, 7) is 3.44. The third kappa shape index (κ3) is 3.67. The van der Waals surface area contributed by atoms with Crippen molar-refractivity contribution >= 4 is 23.1 Å². The summed E-state index contributed by atoms with van der Waals surface area (Å²) in [5, 5.41) is 5.16. The minimum Gasteiger partial charge on any atom is -0.322 e. The van der Waals surface area contributed by atoms with Gasteiger partial charge in [-0.25, -0.2) is 4.79 Å². The Morgan fingerprint density at radius 3 is 2.64 bits per heavy atom. The van der Waals surface area contributed by atoms with Crippen LogP contribution in [0.5, 0.6) is 0 Å². The van der Waals surface area contributed by atoms with Crippen LogP contribution in [0.4, 0.5) is 10.5 Å². The van der Waals surface area contributed by atoms with E-state index >= 15 is 0 Å². The predicted octanol–water partition coefficient (Wildman–Crippen LogP) is 3.12. The van der Waals surface area contributed by atoms with E-state index in [9.17, 15) is 4.79 Å². The van der Waals surface area contributed by atoms with E-state index in [1.165, 1.54) is 4.88 Å². The number of urea groups is 1. The highest BCUT2D eigenvalue weighted by molar-refractivity contribution is 7.09. The molecule has 1 aromatic carbocycles. The van der Waals surface area contributed by atoms with Crippen LogP contribution >= 0.6 is 11.3 Å². The van der Waals surface area contributed by atoms with Crippen molar-refractivity contribution in [1.82, 2.24) is 9.80 Å². The van der Waals surface area contributed by atoms with Gasteiger partial charge in [-0.05, 0) is 30.1 Å². The number of amides is 2. The van der Waals surface area contributed by atoms with Gasteiger partial charge in [-0.15, -0.1) is 11.3 Å². The Hall–Kier alpha value is -1.85. The number of benzene rings is 1. The highest BCUT2D eigenvalue weighted by Gasteiger charge is 2.19. The van der Waals surface area contributed by atoms with Crippen molar-refractivity contribution in [2.75, 3.05) is 38.5 Å². The maximum Gasteiger partial charge on any atom is 0.321 e. The first-order chi connectivity index (χ1) is 10.7. The first-order valence-corrected chi connectivity index (χ1v) is 8.45. The van der Waals surface area contributed by atoms with Crippen molar-refractivity contribution in [3.63, 3.8) is 0 Å². The number of rotatable bonds is 3. The largest absolute Gasteiger partial charge is 0.322 e. The molecule has 0 aliphatic carbocycles. The molecular weight excluding hydrogens is 294 g/mol. The number of anilines is 1. The lowest BCUT2D eigenvalue weighted by molar-refractivity contribution is 0.164. The highest BCUT2D eigenvalue weighted by atomic mass is 32.1. The number of piperazine rings is 1. The third-order valence-electron chi connectivity index (χ3n) is 3.99. The van der Waals surface area contributed by atoms with Crippen LogP contribution in [0.2, 0.25) is 0 Å². The van der Waals surface area contributed by atoms with Crippen LogP contribution in [0.15, 0.2) is 41.8 Å². The van der Waals surface area contributed by atoms with E-state index < -0.39 is 0 Å². The molecule has 0 bridgehead atoms. The molecule has 2 amide bonds. The van der Waals surface area contributed by atoms with E-state index in [4.69, 9.17) is 0 Å². The minimum absolute atomic E-state index is 0.00623. The molecule has 22 heavy (non-hydrogen) atoms. The molecule has 0 saturated carbocycles. The van der Waals surface area contributed by atoms with Crippen molar-refractivity contribution in [2.45, 2.75) is 6.42 Å². The summed E-state index contributed by atoms with van der Waals surface area (Å²) in [6.07, 6.45) is 0.858. The van der Waals surface area contributed by atoms with Gasteiger partial charge in [0, 0.05) is 43.2 Å². The van der Waals surface area contributed by atoms with Crippen molar-refractivity contribution in [1.29, 1.82) is 0 Å². The molecule has 116 valence electrons. The van der Waals surface area contributed by atoms with Gasteiger partial charge >= 0.3 is 6.03 Å². The first kappa shape index (κ1) is 15.1. The fourth-order valence-corrected chi connectivity index (χ4v) is 3.33. The molecular formula is C17H21N3OS. The Kier molecular flexibility index (Phi) is 4.75. The average Bonchev–Trinajstić information content (AvgIpc) is 3.03. The molecule has 3 rings (SSSR count). The molecule has 2 aromatic rings. The Balaban J connectivity index is 1.68. The molecule has 1 fully saturated rings. The lowest BCUT2D eigenvalue weighted by atomic mass is 10.1. The molecule has 4 nitrogen and oxygen atoms in total. The van der Waals surface area contributed by atoms with Crippen LogP contribution in [0.3, 0.4) is 0 Å². The van der Waals surface area contributed by atoms with Crippen molar-refractivity contribution < 1.29 is 4.79 Å². The van der Waals surface area contributed by atoms with Crippen molar-refractivity contribution in [2.24, 2.45) is 0 Å². The average molecular weight is 315 g/mol. The minimum atomic E-state index is 0.00623. The van der Waals surface area contributed by atoms with E-state index in [1.54, 1.807) is 11.3 Å². The molecule has 0 spiro atoms. The molecule has 1 aliphatic heterocycles. The fraction of sp³-hybridized carbons (Fsp3) is 0.353. The molecule has 0 radical (unpaired) electrons. The summed E-state index contributed by atoms with van der Waals surface area (Å²) in [5.41, 5.74) is 2.08. The van der Waals surface area contributed by atoms with Gasteiger partial charge in [-0.1, -0.05) is 24.3 Å². The van der Waals surface area contributed by atoms with Crippen LogP contribution in [0.1, 0.15) is 10.4 Å². The highest BCUT2D eigenvalue weighted by Crippen LogP contribution is 2.22. The van der Waals surface area contributed by atoms with Gasteiger partial charge in [0.1, 0.15) is 0 Å². The molecule has 1 aliphatic rings. The van der Waals surface area contributed by atoms with E-state index in [2.05, 4.69) is 40.8 Å². The summed E-state index contributed by atoms with van der Waals surface area (Å²) in [6, 6.07) is 12.3. The Bertz CT molecular complexity index is 619. The molecule has 1 aromatic heterocycles. The summed E-state index contributed by atoms with van der Waals surface area (Å²) in [7, 11) is 2.09. The van der Waals surface area contributed by atoms with Crippen molar-refractivity contribution in [3.8, 4) is 0 Å². The van der Waals surface area contributed by atoms with Gasteiger partial charge in [-0.3, -0.25) is 0 Å². The first-order valence-electron chi connectivity index (χ1n) is 7.57. The summed E-state index contributed by atoms with van der Waals surface area (Å²) in [5.74, 6) is 0. The number of hydrogen-bond acceptors (Lipinski definition) is 3. The number of para-hydroxylation sites is 1. The SMILES string of the molecule is CN1CCN(C(=O)Nc2ccccc2Cc2cccs2)CC1. The predicted molar refractivity (Wildman–Crippen MR) is 91.7 cm³/mol. The molecule has 0 unspecified atom stereocenters. The topological polar surface area (TPSA) is 35.6 Å². The molecule has 1 N–H and O–H groups in total. The number of thiophene rings is 1. The van der Waals surface area contributed by atoms with Crippen LogP contribution in [0, 0.1) is 0 Å². The van der Waals surface area contributed by atoms with Crippen LogP contribution in [-0.2, 0) is 6.42 Å². The quantitative estimate of drug-likeness (QED) is 0.944. The normalized spacial score (nSPS) is 15.8. The summed E-state index contributed by atoms with van der Waals surface area (Å²) < 4.78 is 0. The van der Waals surface area contributed by atoms with E-state index in [0.717, 1.165) is 43.9 Å². The second-order valence-corrected chi connectivity index (χ2v) is 6.67. The smallest absolute Gasteiger partial charge is 0.321 e. The second-order valence-electron chi connectivity index (χ2n) is 5.63. The van der Waals surface area contributed by atoms with E-state index in [-0.39, 0.29) is 6.03 Å². The maximum absolute atomic E-state index is 12.4. The molecule has 0 atom stereocenters. The zero-order valence-electron chi connectivity index (χ0n) is 12.8. The molecule has 2 heterocycles. The standard InChI is InChI=1S/C17H21N3OS/c1-19-8-10-20(11-9-19)17(21)18-16-7-3-2-5-14(16)13-15-6-4-12-22-15/h2-7,12H,8-11,13H2,1H3,(H,18,21). The number of nitrogens with one attached hydrogen (secondary N) is 1. The Labute approximate surface area is 135 Å². The van der Waals surface area contributed by atoms with Crippen LogP contribution < -0.4 is 5.32 Å². The number of nitrogens with zero attached hydrogens (tertiary/aromatic N) is 2. The van der Waals surface area contributed by atoms with Gasteiger partial charge in [0.2, 0.25) is 0 Å². The zero-order chi connectivity index (χ0) is 15.4.